The van der Waals surface area contributed by atoms with E-state index in [-0.39, 0.29) is 17.2 Å². The van der Waals surface area contributed by atoms with Crippen molar-refractivity contribution in [2.75, 3.05) is 19.7 Å². The molecule has 0 aliphatic rings. The van der Waals surface area contributed by atoms with Crippen LogP contribution < -0.4 is 0 Å². The van der Waals surface area contributed by atoms with Crippen LogP contribution in [-0.2, 0) is 9.53 Å². The second-order valence-electron chi connectivity index (χ2n) is 5.20. The first-order valence-corrected chi connectivity index (χ1v) is 7.10. The predicted octanol–water partition coefficient (Wildman–Crippen LogP) is 2.48. The summed E-state index contributed by atoms with van der Waals surface area (Å²) in [5, 5.41) is 10.9. The minimum Gasteiger partial charge on any atom is -0.452 e. The van der Waals surface area contributed by atoms with Gasteiger partial charge in [0.05, 0.1) is 10.5 Å². The molecular weight excluding hydrogens is 300 g/mol. The molecule has 7 heteroatoms. The lowest BCUT2D eigenvalue weighted by Crippen LogP contribution is -2.35. The molecule has 1 rings (SSSR count). The number of ether oxygens (including phenoxy) is 1. The van der Waals surface area contributed by atoms with Crippen LogP contribution in [0.3, 0.4) is 0 Å². The van der Waals surface area contributed by atoms with E-state index in [1.165, 1.54) is 17.0 Å². The molecule has 0 heterocycles. The monoisotopic (exact) mass is 320 g/mol. The van der Waals surface area contributed by atoms with Gasteiger partial charge in [0.2, 0.25) is 0 Å². The number of esters is 1. The summed E-state index contributed by atoms with van der Waals surface area (Å²) in [4.78, 5) is 35.7. The van der Waals surface area contributed by atoms with Gasteiger partial charge in [-0.25, -0.2) is 4.79 Å². The van der Waals surface area contributed by atoms with Gasteiger partial charge in [-0.2, -0.15) is 0 Å². The standard InChI is InChI=1S/C16H20N2O5/c1-5-17(9-11(2)3)15(19)10-23-16(20)13-7-6-12(4)14(8-13)18(21)22/h6-8H,2,5,9-10H2,1,3-4H3. The van der Waals surface area contributed by atoms with Gasteiger partial charge in [0, 0.05) is 24.7 Å². The molecule has 1 aromatic carbocycles. The van der Waals surface area contributed by atoms with Gasteiger partial charge in [-0.1, -0.05) is 18.2 Å². The fourth-order valence-electron chi connectivity index (χ4n) is 1.94. The zero-order chi connectivity index (χ0) is 17.6. The third-order valence-corrected chi connectivity index (χ3v) is 3.16. The number of hydrogen-bond acceptors (Lipinski definition) is 5. The van der Waals surface area contributed by atoms with Crippen molar-refractivity contribution in [1.82, 2.24) is 4.90 Å². The molecule has 124 valence electrons. The second kappa shape index (κ2) is 8.07. The molecule has 0 aliphatic carbocycles. The zero-order valence-corrected chi connectivity index (χ0v) is 13.5. The van der Waals surface area contributed by atoms with Crippen LogP contribution in [0.4, 0.5) is 5.69 Å². The Morgan fingerprint density at radius 2 is 2.04 bits per heavy atom. The van der Waals surface area contributed by atoms with Crippen molar-refractivity contribution in [2.24, 2.45) is 0 Å². The van der Waals surface area contributed by atoms with E-state index in [1.54, 1.807) is 13.8 Å². The summed E-state index contributed by atoms with van der Waals surface area (Å²) in [6, 6.07) is 4.05. The van der Waals surface area contributed by atoms with Gasteiger partial charge in [0.25, 0.3) is 11.6 Å². The van der Waals surface area contributed by atoms with E-state index in [4.69, 9.17) is 4.74 Å². The maximum absolute atomic E-state index is 12.0. The first-order valence-electron chi connectivity index (χ1n) is 7.10. The zero-order valence-electron chi connectivity index (χ0n) is 13.5. The summed E-state index contributed by atoms with van der Waals surface area (Å²) in [5.74, 6) is -1.11. The molecule has 0 aromatic heterocycles. The van der Waals surface area contributed by atoms with Crippen LogP contribution in [0.1, 0.15) is 29.8 Å². The van der Waals surface area contributed by atoms with Crippen molar-refractivity contribution in [3.63, 3.8) is 0 Å². The number of nitro benzene ring substituents is 1. The van der Waals surface area contributed by atoms with Gasteiger partial charge < -0.3 is 9.64 Å². The molecule has 0 bridgehead atoms. The topological polar surface area (TPSA) is 89.8 Å². The Kier molecular flexibility index (Phi) is 6.44. The van der Waals surface area contributed by atoms with E-state index < -0.39 is 17.5 Å². The number of carbonyl (C=O) groups is 2. The summed E-state index contributed by atoms with van der Waals surface area (Å²) < 4.78 is 4.95. The minimum absolute atomic E-state index is 0.0399. The first kappa shape index (κ1) is 18.3. The number of carbonyl (C=O) groups excluding carboxylic acids is 2. The molecule has 0 atom stereocenters. The van der Waals surface area contributed by atoms with Crippen molar-refractivity contribution >= 4 is 17.6 Å². The fourth-order valence-corrected chi connectivity index (χ4v) is 1.94. The van der Waals surface area contributed by atoms with Gasteiger partial charge in [-0.3, -0.25) is 14.9 Å². The van der Waals surface area contributed by atoms with E-state index in [0.717, 1.165) is 11.6 Å². The quantitative estimate of drug-likeness (QED) is 0.333. The molecule has 0 saturated heterocycles. The van der Waals surface area contributed by atoms with Crippen LogP contribution >= 0.6 is 0 Å². The SMILES string of the molecule is C=C(C)CN(CC)C(=O)COC(=O)c1ccc(C)c([N+](=O)[O-])c1. The number of nitrogens with zero attached hydrogens (tertiary/aromatic N) is 2. The highest BCUT2D eigenvalue weighted by molar-refractivity contribution is 5.92. The smallest absolute Gasteiger partial charge is 0.338 e. The Morgan fingerprint density at radius 3 is 2.57 bits per heavy atom. The average Bonchev–Trinajstić information content (AvgIpc) is 2.49. The Balaban J connectivity index is 2.73. The Bertz CT molecular complexity index is 639. The minimum atomic E-state index is -0.771. The van der Waals surface area contributed by atoms with Crippen LogP contribution in [0.25, 0.3) is 0 Å². The molecule has 0 spiro atoms. The highest BCUT2D eigenvalue weighted by Crippen LogP contribution is 2.19. The number of aryl methyl sites for hydroxylation is 1. The molecule has 0 aliphatic heterocycles. The average molecular weight is 320 g/mol. The van der Waals surface area contributed by atoms with Crippen LogP contribution in [0.15, 0.2) is 30.4 Å². The van der Waals surface area contributed by atoms with Crippen molar-refractivity contribution in [2.45, 2.75) is 20.8 Å². The van der Waals surface area contributed by atoms with Crippen molar-refractivity contribution in [3.05, 3.63) is 51.6 Å². The maximum Gasteiger partial charge on any atom is 0.338 e. The van der Waals surface area contributed by atoms with Crippen molar-refractivity contribution < 1.29 is 19.2 Å². The lowest BCUT2D eigenvalue weighted by Gasteiger charge is -2.20. The summed E-state index contributed by atoms with van der Waals surface area (Å²) in [6.45, 7) is 9.37. The molecule has 0 fully saturated rings. The number of amides is 1. The van der Waals surface area contributed by atoms with E-state index in [1.807, 2.05) is 6.92 Å². The lowest BCUT2D eigenvalue weighted by molar-refractivity contribution is -0.385. The Hall–Kier alpha value is -2.70. The second-order valence-corrected chi connectivity index (χ2v) is 5.20. The molecule has 0 unspecified atom stereocenters. The third kappa shape index (κ3) is 5.21. The summed E-state index contributed by atoms with van der Waals surface area (Å²) in [5.41, 5.74) is 1.14. The molecular formula is C16H20N2O5. The number of rotatable bonds is 7. The van der Waals surface area contributed by atoms with E-state index in [9.17, 15) is 19.7 Å². The highest BCUT2D eigenvalue weighted by atomic mass is 16.6. The third-order valence-electron chi connectivity index (χ3n) is 3.16. The van der Waals surface area contributed by atoms with Gasteiger partial charge in [0.15, 0.2) is 6.61 Å². The van der Waals surface area contributed by atoms with Gasteiger partial charge in [0.1, 0.15) is 0 Å². The number of nitro groups is 1. The number of likely N-dealkylation sites (N-methyl/N-ethyl adjacent to an activating group) is 1. The van der Waals surface area contributed by atoms with E-state index in [2.05, 4.69) is 6.58 Å². The predicted molar refractivity (Wildman–Crippen MR) is 85.2 cm³/mol. The molecule has 23 heavy (non-hydrogen) atoms. The van der Waals surface area contributed by atoms with Crippen molar-refractivity contribution in [3.8, 4) is 0 Å². The molecule has 7 nitrogen and oxygen atoms in total. The maximum atomic E-state index is 12.0. The summed E-state index contributed by atoms with van der Waals surface area (Å²) in [6.07, 6.45) is 0. The normalized spacial score (nSPS) is 10.0. The van der Waals surface area contributed by atoms with Crippen LogP contribution in [0.2, 0.25) is 0 Å². The Morgan fingerprint density at radius 1 is 1.39 bits per heavy atom. The van der Waals surface area contributed by atoms with Gasteiger partial charge in [-0.15, -0.1) is 0 Å². The van der Waals surface area contributed by atoms with E-state index >= 15 is 0 Å². The van der Waals surface area contributed by atoms with Crippen molar-refractivity contribution in [1.29, 1.82) is 0 Å². The summed E-state index contributed by atoms with van der Waals surface area (Å²) in [7, 11) is 0. The van der Waals surface area contributed by atoms with Crippen LogP contribution in [0, 0.1) is 17.0 Å². The lowest BCUT2D eigenvalue weighted by atomic mass is 10.1. The molecule has 1 aromatic rings. The molecule has 0 saturated carbocycles. The largest absolute Gasteiger partial charge is 0.452 e. The summed E-state index contributed by atoms with van der Waals surface area (Å²) >= 11 is 0. The van der Waals surface area contributed by atoms with Crippen LogP contribution in [-0.4, -0.2) is 41.4 Å². The number of benzene rings is 1. The Labute approximate surface area is 134 Å². The molecule has 0 radical (unpaired) electrons. The van der Waals surface area contributed by atoms with E-state index in [0.29, 0.717) is 18.7 Å². The number of hydrogen-bond donors (Lipinski definition) is 0. The molecule has 1 amide bonds. The highest BCUT2D eigenvalue weighted by Gasteiger charge is 2.18. The van der Waals surface area contributed by atoms with Gasteiger partial charge in [-0.05, 0) is 26.8 Å². The van der Waals surface area contributed by atoms with Gasteiger partial charge >= 0.3 is 5.97 Å². The van der Waals surface area contributed by atoms with Crippen LogP contribution in [0.5, 0.6) is 0 Å². The first-order chi connectivity index (χ1) is 10.8. The molecule has 0 N–H and O–H groups in total. The fraction of sp³-hybridized carbons (Fsp3) is 0.375.